The highest BCUT2D eigenvalue weighted by atomic mass is 31.1. The quantitative estimate of drug-likeness (QED) is 0.516. The number of hydrogen-bond donors (Lipinski definition) is 0. The summed E-state index contributed by atoms with van der Waals surface area (Å²) in [6.07, 6.45) is 0. The summed E-state index contributed by atoms with van der Waals surface area (Å²) in [4.78, 5) is 0. The summed E-state index contributed by atoms with van der Waals surface area (Å²) in [6.45, 7) is 16.3. The van der Waals surface area contributed by atoms with Gasteiger partial charge in [-0.15, -0.1) is 4.67 Å². The lowest BCUT2D eigenvalue weighted by molar-refractivity contribution is 0.333. The fraction of sp³-hybridized carbons (Fsp3) is 0.900. The molecule has 1 unspecified atom stereocenters. The van der Waals surface area contributed by atoms with Gasteiger partial charge in [-0.2, -0.15) is 0 Å². The molecule has 0 saturated heterocycles. The molecule has 3 heteroatoms. The van der Waals surface area contributed by atoms with Crippen LogP contribution in [-0.2, 0) is 0 Å². The second-order valence-corrected chi connectivity index (χ2v) is 11.9. The Kier molecular flexibility index (Phi) is 5.42. The van der Waals surface area contributed by atoms with Crippen molar-refractivity contribution >= 4 is 21.8 Å². The van der Waals surface area contributed by atoms with E-state index in [2.05, 4.69) is 57.4 Å². The average molecular weight is 218 g/mol. The lowest BCUT2D eigenvalue weighted by atomic mass is 10.3. The summed E-state index contributed by atoms with van der Waals surface area (Å²) >= 11 is 0. The second kappa shape index (κ2) is 5.28. The highest BCUT2D eigenvalue weighted by Gasteiger charge is 2.20. The zero-order valence-corrected chi connectivity index (χ0v) is 12.2. The Labute approximate surface area is 86.4 Å². The smallest absolute Gasteiger partial charge is 0.129 e. The first-order chi connectivity index (χ1) is 5.74. The van der Waals surface area contributed by atoms with Gasteiger partial charge in [0.15, 0.2) is 8.35 Å². The van der Waals surface area contributed by atoms with Crippen LogP contribution >= 0.6 is 8.35 Å². The summed E-state index contributed by atoms with van der Waals surface area (Å²) in [6, 6.07) is 1.34. The van der Waals surface area contributed by atoms with Crippen LogP contribution in [0, 0.1) is 0 Å². The van der Waals surface area contributed by atoms with Crippen LogP contribution in [0.3, 0.4) is 0 Å². The fourth-order valence-corrected chi connectivity index (χ4v) is 3.90. The molecule has 0 aliphatic rings. The van der Waals surface area contributed by atoms with Gasteiger partial charge in [0.25, 0.3) is 0 Å². The minimum Gasteiger partial charge on any atom is -0.129 e. The Morgan fingerprint density at radius 3 is 1.62 bits per heavy atom. The third-order valence-electron chi connectivity index (χ3n) is 1.76. The molecule has 78 valence electrons. The van der Waals surface area contributed by atoms with E-state index < -0.39 is 8.07 Å². The zero-order valence-electron chi connectivity index (χ0n) is 10.2. The van der Waals surface area contributed by atoms with E-state index in [9.17, 15) is 0 Å². The van der Waals surface area contributed by atoms with Crippen molar-refractivity contribution < 1.29 is 0 Å². The Hall–Kier alpha value is 0.347. The van der Waals surface area contributed by atoms with Gasteiger partial charge in [-0.25, -0.2) is 0 Å². The molecule has 0 heterocycles. The van der Waals surface area contributed by atoms with Crippen molar-refractivity contribution in [2.75, 3.05) is 0 Å². The second-order valence-electron chi connectivity index (χ2n) is 5.23. The summed E-state index contributed by atoms with van der Waals surface area (Å²) in [5.41, 5.74) is 2.56. The summed E-state index contributed by atoms with van der Waals surface area (Å²) in [5, 5.41) is 0. The van der Waals surface area contributed by atoms with E-state index in [1.54, 1.807) is 0 Å². The van der Waals surface area contributed by atoms with E-state index in [0.29, 0.717) is 12.1 Å². The molecule has 1 atom stereocenters. The molecule has 0 radical (unpaired) electrons. The summed E-state index contributed by atoms with van der Waals surface area (Å²) in [5.74, 6) is 0. The van der Waals surface area contributed by atoms with Crippen molar-refractivity contribution in [2.24, 2.45) is 0 Å². The monoisotopic (exact) mass is 218 g/mol. The molecule has 0 aliphatic heterocycles. The van der Waals surface area contributed by atoms with Gasteiger partial charge in [0.05, 0.1) is 5.42 Å². The molecule has 13 heavy (non-hydrogen) atoms. The van der Waals surface area contributed by atoms with Crippen LogP contribution in [0.4, 0.5) is 0 Å². The predicted octanol–water partition coefficient (Wildman–Crippen LogP) is 3.38. The SMILES string of the molecule is CC(C)N(/[PH+]=C/[Si](C)(C)C)C(C)C. The molecule has 1 nitrogen and oxygen atoms in total. The lowest BCUT2D eigenvalue weighted by Crippen LogP contribution is -2.30. The van der Waals surface area contributed by atoms with Crippen molar-refractivity contribution in [3.8, 4) is 0 Å². The van der Waals surface area contributed by atoms with E-state index in [-0.39, 0.29) is 0 Å². The van der Waals surface area contributed by atoms with E-state index in [1.165, 1.54) is 0 Å². The van der Waals surface area contributed by atoms with Crippen LogP contribution in [0.1, 0.15) is 27.7 Å². The van der Waals surface area contributed by atoms with Crippen LogP contribution in [0.15, 0.2) is 0 Å². The maximum Gasteiger partial charge on any atom is 0.160 e. The van der Waals surface area contributed by atoms with Gasteiger partial charge >= 0.3 is 0 Å². The normalized spacial score (nSPS) is 14.0. The standard InChI is InChI=1S/C10H24NPSi/c1-9(2)11(10(3)4)12-8-13(5,6)7/h8-10H,1-7H3/p+1. The highest BCUT2D eigenvalue weighted by molar-refractivity contribution is 7.45. The third-order valence-corrected chi connectivity index (χ3v) is 7.07. The van der Waals surface area contributed by atoms with Crippen molar-refractivity contribution in [2.45, 2.75) is 59.4 Å². The molecule has 0 aliphatic carbocycles. The van der Waals surface area contributed by atoms with E-state index in [0.717, 1.165) is 8.35 Å². The summed E-state index contributed by atoms with van der Waals surface area (Å²) < 4.78 is 2.57. The molecule has 0 aromatic rings. The van der Waals surface area contributed by atoms with Gasteiger partial charge in [-0.1, -0.05) is 19.6 Å². The Morgan fingerprint density at radius 1 is 1.00 bits per heavy atom. The first-order valence-electron chi connectivity index (χ1n) is 5.13. The van der Waals surface area contributed by atoms with E-state index >= 15 is 0 Å². The van der Waals surface area contributed by atoms with E-state index in [1.807, 2.05) is 0 Å². The number of nitrogens with zero attached hydrogens (tertiary/aromatic N) is 1. The minimum atomic E-state index is -0.966. The largest absolute Gasteiger partial charge is 0.160 e. The van der Waals surface area contributed by atoms with Gasteiger partial charge in [0.1, 0.15) is 8.07 Å². The number of rotatable bonds is 4. The van der Waals surface area contributed by atoms with Crippen molar-refractivity contribution in [3.05, 3.63) is 0 Å². The van der Waals surface area contributed by atoms with Crippen molar-refractivity contribution in [1.82, 2.24) is 4.67 Å². The summed E-state index contributed by atoms with van der Waals surface area (Å²) in [7, 11) is -0.0606. The first kappa shape index (κ1) is 13.3. The topological polar surface area (TPSA) is 3.24 Å². The average Bonchev–Trinajstić information content (AvgIpc) is 1.82. The molecule has 0 fully saturated rings. The van der Waals surface area contributed by atoms with Crippen LogP contribution in [0.5, 0.6) is 0 Å². The lowest BCUT2D eigenvalue weighted by Gasteiger charge is -2.19. The minimum absolute atomic E-state index is 0.672. The van der Waals surface area contributed by atoms with Gasteiger partial charge in [0, 0.05) is 12.1 Å². The molecule has 0 aromatic carbocycles. The maximum absolute atomic E-state index is 2.57. The van der Waals surface area contributed by atoms with Gasteiger partial charge in [-0.3, -0.25) is 0 Å². The number of hydrogen-bond acceptors (Lipinski definition) is 1. The molecule has 0 amide bonds. The highest BCUT2D eigenvalue weighted by Crippen LogP contribution is 2.17. The van der Waals surface area contributed by atoms with Gasteiger partial charge in [-0.05, 0) is 27.7 Å². The zero-order chi connectivity index (χ0) is 10.6. The molecule has 0 N–H and O–H groups in total. The Balaban J connectivity index is 4.35. The van der Waals surface area contributed by atoms with Crippen molar-refractivity contribution in [3.63, 3.8) is 0 Å². The molecule has 0 rings (SSSR count). The molecule has 0 bridgehead atoms. The molecule has 0 spiro atoms. The van der Waals surface area contributed by atoms with Crippen LogP contribution in [0.25, 0.3) is 0 Å². The first-order valence-corrected chi connectivity index (χ1v) is 9.73. The molecule has 0 aromatic heterocycles. The van der Waals surface area contributed by atoms with Gasteiger partial charge in [0.2, 0.25) is 0 Å². The van der Waals surface area contributed by atoms with Crippen molar-refractivity contribution in [1.29, 1.82) is 0 Å². The maximum atomic E-state index is 2.57. The van der Waals surface area contributed by atoms with Gasteiger partial charge < -0.3 is 0 Å². The third kappa shape index (κ3) is 6.42. The molecular formula is C10H25NPSi+. The predicted molar refractivity (Wildman–Crippen MR) is 69.8 cm³/mol. The van der Waals surface area contributed by atoms with Crippen LogP contribution in [0.2, 0.25) is 19.6 Å². The molecule has 0 saturated carbocycles. The Morgan fingerprint density at radius 2 is 1.38 bits per heavy atom. The van der Waals surface area contributed by atoms with E-state index in [4.69, 9.17) is 0 Å². The van der Waals surface area contributed by atoms with Crippen LogP contribution < -0.4 is 0 Å². The Bertz CT molecular complexity index is 162. The molecular weight excluding hydrogens is 193 g/mol. The van der Waals surface area contributed by atoms with Crippen LogP contribution in [-0.4, -0.2) is 30.2 Å². The fourth-order valence-electron chi connectivity index (χ4n) is 1.16.